The quantitative estimate of drug-likeness (QED) is 0.913. The van der Waals surface area contributed by atoms with Gasteiger partial charge in [-0.05, 0) is 22.0 Å². The molecule has 0 amide bonds. The number of benzene rings is 1. The zero-order valence-electron chi connectivity index (χ0n) is 8.61. The van der Waals surface area contributed by atoms with Crippen molar-refractivity contribution in [2.75, 3.05) is 0 Å². The Morgan fingerprint density at radius 1 is 1.29 bits per heavy atom. The van der Waals surface area contributed by atoms with E-state index in [1.54, 1.807) is 18.2 Å². The van der Waals surface area contributed by atoms with Crippen molar-refractivity contribution in [3.05, 3.63) is 67.2 Å². The Balaban J connectivity index is 2.44. The predicted octanol–water partition coefficient (Wildman–Crippen LogP) is 1.49. The van der Waals surface area contributed by atoms with Crippen LogP contribution in [0.2, 0.25) is 0 Å². The number of hydrogen-bond donors (Lipinski definition) is 1. The van der Waals surface area contributed by atoms with Crippen LogP contribution in [-0.4, -0.2) is 9.55 Å². The van der Waals surface area contributed by atoms with Crippen LogP contribution in [0.5, 0.6) is 0 Å². The second-order valence-corrected chi connectivity index (χ2v) is 4.31. The molecule has 2 rings (SSSR count). The largest absolute Gasteiger partial charge is 0.328 e. The van der Waals surface area contributed by atoms with Gasteiger partial charge in [0.1, 0.15) is 5.82 Å². The van der Waals surface area contributed by atoms with Crippen LogP contribution >= 0.6 is 15.9 Å². The smallest absolute Gasteiger partial charge is 0.295 e. The maximum Gasteiger partial charge on any atom is 0.328 e. The predicted molar refractivity (Wildman–Crippen MR) is 64.5 cm³/mol. The van der Waals surface area contributed by atoms with E-state index in [1.807, 2.05) is 0 Å². The van der Waals surface area contributed by atoms with Crippen molar-refractivity contribution in [2.45, 2.75) is 6.54 Å². The molecule has 17 heavy (non-hydrogen) atoms. The average Bonchev–Trinajstić information content (AvgIpc) is 2.29. The maximum atomic E-state index is 13.4. The van der Waals surface area contributed by atoms with E-state index in [9.17, 15) is 14.0 Å². The van der Waals surface area contributed by atoms with Crippen LogP contribution in [0.4, 0.5) is 4.39 Å². The number of hydrogen-bond acceptors (Lipinski definition) is 2. The summed E-state index contributed by atoms with van der Waals surface area (Å²) in [6.45, 7) is 0.0703. The summed E-state index contributed by atoms with van der Waals surface area (Å²) in [5, 5.41) is 0. The monoisotopic (exact) mass is 298 g/mol. The summed E-state index contributed by atoms with van der Waals surface area (Å²) in [7, 11) is 0. The lowest BCUT2D eigenvalue weighted by Gasteiger charge is -2.06. The van der Waals surface area contributed by atoms with Crippen LogP contribution in [0.25, 0.3) is 0 Å². The third kappa shape index (κ3) is 2.52. The molecule has 0 saturated heterocycles. The first-order valence-electron chi connectivity index (χ1n) is 4.80. The first-order valence-corrected chi connectivity index (χ1v) is 5.60. The van der Waals surface area contributed by atoms with E-state index in [-0.39, 0.29) is 16.8 Å². The summed E-state index contributed by atoms with van der Waals surface area (Å²) >= 11 is 3.01. The van der Waals surface area contributed by atoms with Crippen molar-refractivity contribution in [1.29, 1.82) is 0 Å². The van der Waals surface area contributed by atoms with E-state index in [2.05, 4.69) is 20.9 Å². The molecule has 1 N–H and O–H groups in total. The van der Waals surface area contributed by atoms with Gasteiger partial charge in [0, 0.05) is 11.8 Å². The topological polar surface area (TPSA) is 54.9 Å². The van der Waals surface area contributed by atoms with Gasteiger partial charge < -0.3 is 0 Å². The van der Waals surface area contributed by atoms with Crippen molar-refractivity contribution in [2.24, 2.45) is 0 Å². The average molecular weight is 299 g/mol. The van der Waals surface area contributed by atoms with E-state index >= 15 is 0 Å². The van der Waals surface area contributed by atoms with Crippen LogP contribution in [0, 0.1) is 5.82 Å². The Morgan fingerprint density at radius 2 is 2.00 bits per heavy atom. The molecule has 0 aliphatic heterocycles. The van der Waals surface area contributed by atoms with E-state index in [4.69, 9.17) is 0 Å². The fraction of sp³-hybridized carbons (Fsp3) is 0.0909. The van der Waals surface area contributed by atoms with Crippen molar-refractivity contribution in [1.82, 2.24) is 9.55 Å². The lowest BCUT2D eigenvalue weighted by molar-refractivity contribution is 0.592. The van der Waals surface area contributed by atoms with Gasteiger partial charge in [0.15, 0.2) is 0 Å². The summed E-state index contributed by atoms with van der Waals surface area (Å²) in [5.41, 5.74) is -0.685. The minimum Gasteiger partial charge on any atom is -0.295 e. The van der Waals surface area contributed by atoms with Crippen LogP contribution in [0.3, 0.4) is 0 Å². The minimum absolute atomic E-state index is 0.0703. The fourth-order valence-corrected chi connectivity index (χ4v) is 1.76. The second-order valence-electron chi connectivity index (χ2n) is 3.46. The van der Waals surface area contributed by atoms with Crippen LogP contribution in [-0.2, 0) is 6.54 Å². The number of nitrogens with zero attached hydrogens (tertiary/aromatic N) is 1. The molecular formula is C11H8BrFN2O2. The minimum atomic E-state index is -0.568. The van der Waals surface area contributed by atoms with Crippen LogP contribution < -0.4 is 11.2 Å². The number of H-pyrrole nitrogens is 1. The molecule has 6 heteroatoms. The van der Waals surface area contributed by atoms with E-state index < -0.39 is 11.2 Å². The molecule has 0 atom stereocenters. The number of aromatic nitrogens is 2. The van der Waals surface area contributed by atoms with Crippen molar-refractivity contribution in [3.8, 4) is 0 Å². The standard InChI is InChI=1S/C11H8BrFN2O2/c12-8-6-15(11(17)14-10(8)16)5-7-3-1-2-4-9(7)13/h1-4,6H,5H2,(H,14,16,17). The zero-order chi connectivity index (χ0) is 12.4. The van der Waals surface area contributed by atoms with Gasteiger partial charge in [-0.3, -0.25) is 14.3 Å². The van der Waals surface area contributed by atoms with Crippen molar-refractivity contribution >= 4 is 15.9 Å². The number of halogens is 2. The molecule has 4 nitrogen and oxygen atoms in total. The van der Waals surface area contributed by atoms with Crippen LogP contribution in [0.15, 0.2) is 44.5 Å². The molecule has 0 bridgehead atoms. The lowest BCUT2D eigenvalue weighted by atomic mass is 10.2. The normalized spacial score (nSPS) is 10.5. The summed E-state index contributed by atoms with van der Waals surface area (Å²) in [5.74, 6) is -0.387. The number of aromatic amines is 1. The molecule has 0 aliphatic rings. The van der Waals surface area contributed by atoms with Gasteiger partial charge in [-0.25, -0.2) is 9.18 Å². The lowest BCUT2D eigenvalue weighted by Crippen LogP contribution is -2.30. The molecule has 1 aromatic carbocycles. The Kier molecular flexibility index (Phi) is 3.23. The molecule has 0 saturated carbocycles. The summed E-state index contributed by atoms with van der Waals surface area (Å²) in [6.07, 6.45) is 1.34. The van der Waals surface area contributed by atoms with E-state index in [0.717, 1.165) is 0 Å². The first-order chi connectivity index (χ1) is 8.08. The molecule has 88 valence electrons. The zero-order valence-corrected chi connectivity index (χ0v) is 10.2. The highest BCUT2D eigenvalue weighted by atomic mass is 79.9. The van der Waals surface area contributed by atoms with E-state index in [1.165, 1.54) is 16.8 Å². The van der Waals surface area contributed by atoms with Gasteiger partial charge in [0.2, 0.25) is 0 Å². The molecule has 2 aromatic rings. The van der Waals surface area contributed by atoms with Crippen LogP contribution in [0.1, 0.15) is 5.56 Å². The molecular weight excluding hydrogens is 291 g/mol. The van der Waals surface area contributed by atoms with Gasteiger partial charge in [0.05, 0.1) is 11.0 Å². The van der Waals surface area contributed by atoms with Crippen molar-refractivity contribution < 1.29 is 4.39 Å². The third-order valence-corrected chi connectivity index (χ3v) is 2.83. The Bertz CT molecular complexity index is 663. The molecule has 0 spiro atoms. The third-order valence-electron chi connectivity index (χ3n) is 2.27. The highest BCUT2D eigenvalue weighted by molar-refractivity contribution is 9.10. The molecule has 0 radical (unpaired) electrons. The molecule has 1 aromatic heterocycles. The summed E-state index contributed by atoms with van der Waals surface area (Å²) in [6, 6.07) is 6.16. The Hall–Kier alpha value is -1.69. The first kappa shape index (κ1) is 11.8. The number of nitrogens with one attached hydrogen (secondary N) is 1. The van der Waals surface area contributed by atoms with Gasteiger partial charge in [-0.15, -0.1) is 0 Å². The Morgan fingerprint density at radius 3 is 2.71 bits per heavy atom. The molecule has 0 unspecified atom stereocenters. The highest BCUT2D eigenvalue weighted by Crippen LogP contribution is 2.08. The van der Waals surface area contributed by atoms with Gasteiger partial charge >= 0.3 is 5.69 Å². The SMILES string of the molecule is O=c1[nH]c(=O)n(Cc2ccccc2F)cc1Br. The van der Waals surface area contributed by atoms with Gasteiger partial charge in [-0.1, -0.05) is 18.2 Å². The summed E-state index contributed by atoms with van der Waals surface area (Å²) in [4.78, 5) is 24.7. The maximum absolute atomic E-state index is 13.4. The molecule has 1 heterocycles. The Labute approximate surface area is 104 Å². The van der Waals surface area contributed by atoms with E-state index in [0.29, 0.717) is 5.56 Å². The number of rotatable bonds is 2. The van der Waals surface area contributed by atoms with Crippen molar-refractivity contribution in [3.63, 3.8) is 0 Å². The molecule has 0 aliphatic carbocycles. The molecule has 0 fully saturated rings. The highest BCUT2D eigenvalue weighted by Gasteiger charge is 2.05. The summed E-state index contributed by atoms with van der Waals surface area (Å²) < 4.78 is 14.8. The fourth-order valence-electron chi connectivity index (χ4n) is 1.41. The van der Waals surface area contributed by atoms with Gasteiger partial charge in [-0.2, -0.15) is 0 Å². The second kappa shape index (κ2) is 4.67. The van der Waals surface area contributed by atoms with Gasteiger partial charge in [0.25, 0.3) is 5.56 Å².